The molecule has 0 fully saturated rings. The maximum absolute atomic E-state index is 5.42. The van der Waals surface area contributed by atoms with Crippen LogP contribution in [0, 0.1) is 0 Å². The fraction of sp³-hybridized carbons (Fsp3) is 0.211. The van der Waals surface area contributed by atoms with Crippen molar-refractivity contribution in [3.8, 4) is 11.4 Å². The van der Waals surface area contributed by atoms with Gasteiger partial charge in [0, 0.05) is 37.5 Å². The van der Waals surface area contributed by atoms with E-state index in [1.807, 2.05) is 49.5 Å². The molecule has 0 aliphatic rings. The standard InChI is InChI=1S/C19H21N5O/c1-3-12-24(13-16-10-7-11-21-18(16)20-2)14-17-22-19(23-25-17)15-8-5-4-6-9-15/h3-11H,1,12-14H2,2H3,(H,20,21). The number of aromatic nitrogens is 3. The van der Waals surface area contributed by atoms with Crippen molar-refractivity contribution in [1.29, 1.82) is 0 Å². The monoisotopic (exact) mass is 335 g/mol. The van der Waals surface area contributed by atoms with Gasteiger partial charge in [0.1, 0.15) is 5.82 Å². The maximum atomic E-state index is 5.42. The van der Waals surface area contributed by atoms with Gasteiger partial charge in [-0.3, -0.25) is 4.90 Å². The van der Waals surface area contributed by atoms with Gasteiger partial charge in [0.15, 0.2) is 0 Å². The van der Waals surface area contributed by atoms with Crippen LogP contribution in [-0.4, -0.2) is 33.6 Å². The second-order valence-corrected chi connectivity index (χ2v) is 5.60. The average molecular weight is 335 g/mol. The Hall–Kier alpha value is -2.99. The highest BCUT2D eigenvalue weighted by molar-refractivity contribution is 5.53. The summed E-state index contributed by atoms with van der Waals surface area (Å²) in [6.45, 7) is 5.80. The number of benzene rings is 1. The predicted molar refractivity (Wildman–Crippen MR) is 97.8 cm³/mol. The van der Waals surface area contributed by atoms with Gasteiger partial charge in [-0.05, 0) is 6.07 Å². The molecule has 0 bridgehead atoms. The third kappa shape index (κ3) is 4.30. The van der Waals surface area contributed by atoms with E-state index in [1.165, 1.54) is 0 Å². The minimum atomic E-state index is 0.546. The molecule has 2 heterocycles. The lowest BCUT2D eigenvalue weighted by Crippen LogP contribution is -2.23. The molecule has 0 aliphatic carbocycles. The summed E-state index contributed by atoms with van der Waals surface area (Å²) in [6, 6.07) is 13.8. The summed E-state index contributed by atoms with van der Waals surface area (Å²) in [6.07, 6.45) is 3.64. The molecule has 0 radical (unpaired) electrons. The number of pyridine rings is 1. The third-order valence-electron chi connectivity index (χ3n) is 3.77. The first-order valence-corrected chi connectivity index (χ1v) is 8.13. The van der Waals surface area contributed by atoms with E-state index < -0.39 is 0 Å². The summed E-state index contributed by atoms with van der Waals surface area (Å²) >= 11 is 0. The summed E-state index contributed by atoms with van der Waals surface area (Å²) in [5.74, 6) is 2.05. The molecule has 1 aromatic carbocycles. The zero-order valence-electron chi connectivity index (χ0n) is 14.2. The van der Waals surface area contributed by atoms with Crippen LogP contribution in [0.1, 0.15) is 11.5 Å². The van der Waals surface area contributed by atoms with E-state index in [9.17, 15) is 0 Å². The minimum Gasteiger partial charge on any atom is -0.373 e. The molecule has 0 atom stereocenters. The zero-order chi connectivity index (χ0) is 17.5. The molecule has 3 aromatic rings. The van der Waals surface area contributed by atoms with Crippen LogP contribution in [0.15, 0.2) is 65.8 Å². The highest BCUT2D eigenvalue weighted by Gasteiger charge is 2.14. The molecular formula is C19H21N5O. The van der Waals surface area contributed by atoms with Gasteiger partial charge in [0.25, 0.3) is 0 Å². The Kier molecular flexibility index (Phi) is 5.53. The fourth-order valence-electron chi connectivity index (χ4n) is 2.61. The average Bonchev–Trinajstić information content (AvgIpc) is 3.11. The first-order chi connectivity index (χ1) is 12.3. The Morgan fingerprint density at radius 2 is 2.00 bits per heavy atom. The van der Waals surface area contributed by atoms with E-state index in [4.69, 9.17) is 4.52 Å². The molecule has 2 aromatic heterocycles. The number of hydrogen-bond donors (Lipinski definition) is 1. The largest absolute Gasteiger partial charge is 0.373 e. The third-order valence-corrected chi connectivity index (χ3v) is 3.77. The molecule has 0 saturated carbocycles. The van der Waals surface area contributed by atoms with Crippen molar-refractivity contribution >= 4 is 5.82 Å². The fourth-order valence-corrected chi connectivity index (χ4v) is 2.61. The van der Waals surface area contributed by atoms with E-state index in [2.05, 4.69) is 38.0 Å². The normalized spacial score (nSPS) is 10.8. The number of hydrogen-bond acceptors (Lipinski definition) is 6. The van der Waals surface area contributed by atoms with Crippen molar-refractivity contribution in [3.05, 3.63) is 72.8 Å². The topological polar surface area (TPSA) is 67.1 Å². The minimum absolute atomic E-state index is 0.546. The number of nitrogens with one attached hydrogen (secondary N) is 1. The van der Waals surface area contributed by atoms with E-state index in [-0.39, 0.29) is 0 Å². The molecule has 0 saturated heterocycles. The lowest BCUT2D eigenvalue weighted by molar-refractivity contribution is 0.239. The summed E-state index contributed by atoms with van der Waals surface area (Å²) in [5.41, 5.74) is 2.05. The SMILES string of the molecule is C=CCN(Cc1nc(-c2ccccc2)no1)Cc1cccnc1NC. The number of anilines is 1. The van der Waals surface area contributed by atoms with Crippen LogP contribution in [0.2, 0.25) is 0 Å². The van der Waals surface area contributed by atoms with Crippen LogP contribution in [0.4, 0.5) is 5.82 Å². The summed E-state index contributed by atoms with van der Waals surface area (Å²) < 4.78 is 5.42. The van der Waals surface area contributed by atoms with Gasteiger partial charge in [-0.2, -0.15) is 4.98 Å². The molecule has 1 N–H and O–H groups in total. The van der Waals surface area contributed by atoms with E-state index in [0.717, 1.165) is 16.9 Å². The lowest BCUT2D eigenvalue weighted by Gasteiger charge is -2.19. The Labute approximate surface area is 147 Å². The van der Waals surface area contributed by atoms with Crippen LogP contribution in [-0.2, 0) is 13.1 Å². The molecule has 25 heavy (non-hydrogen) atoms. The van der Waals surface area contributed by atoms with Crippen LogP contribution in [0.25, 0.3) is 11.4 Å². The van der Waals surface area contributed by atoms with Gasteiger partial charge in [-0.15, -0.1) is 6.58 Å². The quantitative estimate of drug-likeness (QED) is 0.637. The number of nitrogens with zero attached hydrogens (tertiary/aromatic N) is 4. The van der Waals surface area contributed by atoms with Gasteiger partial charge in [0.05, 0.1) is 6.54 Å². The van der Waals surface area contributed by atoms with Gasteiger partial charge >= 0.3 is 0 Å². The van der Waals surface area contributed by atoms with Crippen LogP contribution >= 0.6 is 0 Å². The van der Waals surface area contributed by atoms with Crippen molar-refractivity contribution in [2.24, 2.45) is 0 Å². The summed E-state index contributed by atoms with van der Waals surface area (Å²) in [4.78, 5) is 11.0. The molecule has 3 rings (SSSR count). The Bertz CT molecular complexity index is 815. The van der Waals surface area contributed by atoms with E-state index in [0.29, 0.717) is 31.3 Å². The molecule has 0 aliphatic heterocycles. The van der Waals surface area contributed by atoms with Gasteiger partial charge < -0.3 is 9.84 Å². The Morgan fingerprint density at radius 3 is 2.76 bits per heavy atom. The van der Waals surface area contributed by atoms with E-state index in [1.54, 1.807) is 6.20 Å². The van der Waals surface area contributed by atoms with Crippen molar-refractivity contribution in [3.63, 3.8) is 0 Å². The van der Waals surface area contributed by atoms with Crippen LogP contribution < -0.4 is 5.32 Å². The molecule has 0 spiro atoms. The molecule has 6 heteroatoms. The zero-order valence-corrected chi connectivity index (χ0v) is 14.2. The van der Waals surface area contributed by atoms with Gasteiger partial charge in [-0.1, -0.05) is 47.6 Å². The molecule has 6 nitrogen and oxygen atoms in total. The maximum Gasteiger partial charge on any atom is 0.241 e. The van der Waals surface area contributed by atoms with Gasteiger partial charge in [-0.25, -0.2) is 4.98 Å². The second-order valence-electron chi connectivity index (χ2n) is 5.60. The van der Waals surface area contributed by atoms with Crippen molar-refractivity contribution in [1.82, 2.24) is 20.0 Å². The second kappa shape index (κ2) is 8.21. The molecular weight excluding hydrogens is 314 g/mol. The van der Waals surface area contributed by atoms with Crippen molar-refractivity contribution < 1.29 is 4.52 Å². The van der Waals surface area contributed by atoms with E-state index >= 15 is 0 Å². The lowest BCUT2D eigenvalue weighted by atomic mass is 10.2. The highest BCUT2D eigenvalue weighted by atomic mass is 16.5. The molecule has 128 valence electrons. The molecule has 0 unspecified atom stereocenters. The Morgan fingerprint density at radius 1 is 1.16 bits per heavy atom. The highest BCUT2D eigenvalue weighted by Crippen LogP contribution is 2.18. The first kappa shape index (κ1) is 16.9. The summed E-state index contributed by atoms with van der Waals surface area (Å²) in [7, 11) is 1.87. The predicted octanol–water partition coefficient (Wildman–Crippen LogP) is 3.36. The van der Waals surface area contributed by atoms with Crippen molar-refractivity contribution in [2.45, 2.75) is 13.1 Å². The first-order valence-electron chi connectivity index (χ1n) is 8.13. The van der Waals surface area contributed by atoms with Crippen molar-refractivity contribution in [2.75, 3.05) is 18.9 Å². The smallest absolute Gasteiger partial charge is 0.241 e. The summed E-state index contributed by atoms with van der Waals surface area (Å²) in [5, 5.41) is 7.19. The number of rotatable bonds is 8. The van der Waals surface area contributed by atoms with Gasteiger partial charge in [0.2, 0.25) is 11.7 Å². The Balaban J connectivity index is 1.74. The molecule has 0 amide bonds. The van der Waals surface area contributed by atoms with Crippen LogP contribution in [0.3, 0.4) is 0 Å². The van der Waals surface area contributed by atoms with Crippen LogP contribution in [0.5, 0.6) is 0 Å².